The van der Waals surface area contributed by atoms with Crippen molar-refractivity contribution < 1.29 is 9.53 Å². The number of hydrogen-bond acceptors (Lipinski definition) is 3. The topological polar surface area (TPSA) is 64.3 Å². The number of carbonyl (C=O) groups is 1. The molecule has 0 aromatic carbocycles. The molecule has 0 saturated heterocycles. The molecular formula is C9H20N2O2. The van der Waals surface area contributed by atoms with E-state index in [1.54, 1.807) is 0 Å². The summed E-state index contributed by atoms with van der Waals surface area (Å²) in [4.78, 5) is 11.1. The van der Waals surface area contributed by atoms with Crippen molar-refractivity contribution in [3.05, 3.63) is 0 Å². The van der Waals surface area contributed by atoms with E-state index in [1.807, 2.05) is 13.8 Å². The highest BCUT2D eigenvalue weighted by Gasteiger charge is 2.01. The van der Waals surface area contributed by atoms with Crippen LogP contribution >= 0.6 is 0 Å². The number of carbonyl (C=O) groups excluding carboxylic acids is 1. The van der Waals surface area contributed by atoms with Crippen LogP contribution in [0.3, 0.4) is 0 Å². The van der Waals surface area contributed by atoms with Gasteiger partial charge in [0.1, 0.15) is 0 Å². The quantitative estimate of drug-likeness (QED) is 0.563. The maximum Gasteiger partial charge on any atom is 0.220 e. The van der Waals surface area contributed by atoms with Gasteiger partial charge in [-0.3, -0.25) is 4.79 Å². The zero-order valence-corrected chi connectivity index (χ0v) is 8.51. The molecule has 0 aliphatic heterocycles. The molecule has 13 heavy (non-hydrogen) atoms. The highest BCUT2D eigenvalue weighted by Crippen LogP contribution is 1.92. The molecule has 4 nitrogen and oxygen atoms in total. The third kappa shape index (κ3) is 9.30. The van der Waals surface area contributed by atoms with E-state index in [-0.39, 0.29) is 11.9 Å². The summed E-state index contributed by atoms with van der Waals surface area (Å²) in [6.45, 7) is 5.69. The average molecular weight is 188 g/mol. The zero-order valence-electron chi connectivity index (χ0n) is 8.51. The zero-order chi connectivity index (χ0) is 10.1. The molecule has 0 aliphatic carbocycles. The van der Waals surface area contributed by atoms with Crippen molar-refractivity contribution in [2.45, 2.75) is 32.7 Å². The minimum atomic E-state index is 0.0528. The molecule has 0 spiro atoms. The Labute approximate surface area is 79.8 Å². The van der Waals surface area contributed by atoms with Gasteiger partial charge in [0.2, 0.25) is 5.91 Å². The van der Waals surface area contributed by atoms with E-state index < -0.39 is 0 Å². The molecule has 0 bridgehead atoms. The summed E-state index contributed by atoms with van der Waals surface area (Å²) in [5, 5.41) is 2.75. The summed E-state index contributed by atoms with van der Waals surface area (Å²) >= 11 is 0. The number of ether oxygens (including phenoxy) is 1. The van der Waals surface area contributed by atoms with Crippen molar-refractivity contribution in [3.8, 4) is 0 Å². The van der Waals surface area contributed by atoms with Crippen molar-refractivity contribution in [1.29, 1.82) is 0 Å². The molecule has 4 heteroatoms. The first-order chi connectivity index (χ1) is 6.16. The van der Waals surface area contributed by atoms with Crippen molar-refractivity contribution in [2.75, 3.05) is 19.8 Å². The van der Waals surface area contributed by atoms with E-state index in [4.69, 9.17) is 10.5 Å². The molecule has 3 N–H and O–H groups in total. The lowest BCUT2D eigenvalue weighted by atomic mass is 10.2. The van der Waals surface area contributed by atoms with Crippen molar-refractivity contribution in [2.24, 2.45) is 5.73 Å². The van der Waals surface area contributed by atoms with Crippen LogP contribution in [0.25, 0.3) is 0 Å². The van der Waals surface area contributed by atoms with Gasteiger partial charge in [-0.2, -0.15) is 0 Å². The van der Waals surface area contributed by atoms with Gasteiger partial charge in [0.15, 0.2) is 0 Å². The van der Waals surface area contributed by atoms with Crippen LogP contribution < -0.4 is 11.1 Å². The van der Waals surface area contributed by atoms with Gasteiger partial charge in [-0.15, -0.1) is 0 Å². The lowest BCUT2D eigenvalue weighted by Crippen LogP contribution is -2.28. The SMILES string of the molecule is CCOCCNC(=O)CCC(C)N. The van der Waals surface area contributed by atoms with Crippen LogP contribution in [0.15, 0.2) is 0 Å². The third-order valence-corrected chi connectivity index (χ3v) is 1.60. The van der Waals surface area contributed by atoms with E-state index in [0.717, 1.165) is 6.42 Å². The van der Waals surface area contributed by atoms with Gasteiger partial charge in [-0.05, 0) is 20.3 Å². The van der Waals surface area contributed by atoms with Gasteiger partial charge in [-0.1, -0.05) is 0 Å². The summed E-state index contributed by atoms with van der Waals surface area (Å²) in [5.74, 6) is 0.0528. The van der Waals surface area contributed by atoms with Crippen LogP contribution in [0.1, 0.15) is 26.7 Å². The normalized spacial score (nSPS) is 12.5. The summed E-state index contributed by atoms with van der Waals surface area (Å²) in [6.07, 6.45) is 1.24. The highest BCUT2D eigenvalue weighted by molar-refractivity contribution is 5.75. The van der Waals surface area contributed by atoms with Crippen LogP contribution in [0.2, 0.25) is 0 Å². The molecule has 1 amide bonds. The minimum Gasteiger partial charge on any atom is -0.380 e. The molecule has 1 atom stereocenters. The molecule has 0 heterocycles. The van der Waals surface area contributed by atoms with Gasteiger partial charge in [0.25, 0.3) is 0 Å². The molecule has 78 valence electrons. The number of nitrogens with one attached hydrogen (secondary N) is 1. The Kier molecular flexibility index (Phi) is 7.63. The molecule has 1 unspecified atom stereocenters. The van der Waals surface area contributed by atoms with E-state index in [1.165, 1.54) is 0 Å². The van der Waals surface area contributed by atoms with Crippen molar-refractivity contribution >= 4 is 5.91 Å². The van der Waals surface area contributed by atoms with E-state index in [2.05, 4.69) is 5.32 Å². The number of amides is 1. The predicted octanol–water partition coefficient (Wildman–Crippen LogP) is 0.267. The first kappa shape index (κ1) is 12.4. The number of nitrogens with two attached hydrogens (primary N) is 1. The number of rotatable bonds is 7. The van der Waals surface area contributed by atoms with Crippen LogP contribution in [-0.4, -0.2) is 31.7 Å². The Morgan fingerprint density at radius 2 is 2.31 bits per heavy atom. The van der Waals surface area contributed by atoms with E-state index in [9.17, 15) is 4.79 Å². The van der Waals surface area contributed by atoms with E-state index in [0.29, 0.717) is 26.2 Å². The average Bonchev–Trinajstić information content (AvgIpc) is 2.09. The second kappa shape index (κ2) is 8.01. The minimum absolute atomic E-state index is 0.0528. The summed E-state index contributed by atoms with van der Waals surface area (Å²) in [6, 6.07) is 0.0950. The summed E-state index contributed by atoms with van der Waals surface area (Å²) in [5.41, 5.74) is 5.51. The Bertz CT molecular complexity index is 138. The molecule has 0 fully saturated rings. The Morgan fingerprint density at radius 3 is 2.85 bits per heavy atom. The van der Waals surface area contributed by atoms with Crippen molar-refractivity contribution in [1.82, 2.24) is 5.32 Å². The first-order valence-corrected chi connectivity index (χ1v) is 4.76. The van der Waals surface area contributed by atoms with Crippen LogP contribution in [0.5, 0.6) is 0 Å². The molecule has 0 saturated carbocycles. The summed E-state index contributed by atoms with van der Waals surface area (Å²) in [7, 11) is 0. The van der Waals surface area contributed by atoms with E-state index >= 15 is 0 Å². The van der Waals surface area contributed by atoms with Gasteiger partial charge < -0.3 is 15.8 Å². The molecule has 0 aliphatic rings. The van der Waals surface area contributed by atoms with Crippen LogP contribution in [-0.2, 0) is 9.53 Å². The predicted molar refractivity (Wildman–Crippen MR) is 52.4 cm³/mol. The van der Waals surface area contributed by atoms with Gasteiger partial charge in [-0.25, -0.2) is 0 Å². The smallest absolute Gasteiger partial charge is 0.220 e. The molecule has 0 aromatic heterocycles. The molecule has 0 aromatic rings. The lowest BCUT2D eigenvalue weighted by molar-refractivity contribution is -0.121. The van der Waals surface area contributed by atoms with Gasteiger partial charge in [0, 0.05) is 25.6 Å². The first-order valence-electron chi connectivity index (χ1n) is 4.76. The van der Waals surface area contributed by atoms with Crippen molar-refractivity contribution in [3.63, 3.8) is 0 Å². The number of hydrogen-bond donors (Lipinski definition) is 2. The third-order valence-electron chi connectivity index (χ3n) is 1.60. The Hall–Kier alpha value is -0.610. The fourth-order valence-corrected chi connectivity index (χ4v) is 0.854. The fourth-order valence-electron chi connectivity index (χ4n) is 0.854. The van der Waals surface area contributed by atoms with Crippen LogP contribution in [0.4, 0.5) is 0 Å². The molecular weight excluding hydrogens is 168 g/mol. The standard InChI is InChI=1S/C9H20N2O2/c1-3-13-7-6-11-9(12)5-4-8(2)10/h8H,3-7,10H2,1-2H3,(H,11,12). The van der Waals surface area contributed by atoms with Crippen LogP contribution in [0, 0.1) is 0 Å². The molecule has 0 rings (SSSR count). The maximum atomic E-state index is 11.1. The Balaban J connectivity index is 3.20. The molecule has 0 radical (unpaired) electrons. The second-order valence-corrected chi connectivity index (χ2v) is 3.06. The Morgan fingerprint density at radius 1 is 1.62 bits per heavy atom. The van der Waals surface area contributed by atoms with Gasteiger partial charge >= 0.3 is 0 Å². The van der Waals surface area contributed by atoms with Gasteiger partial charge in [0.05, 0.1) is 6.61 Å². The second-order valence-electron chi connectivity index (χ2n) is 3.06. The largest absolute Gasteiger partial charge is 0.380 e. The highest BCUT2D eigenvalue weighted by atomic mass is 16.5. The lowest BCUT2D eigenvalue weighted by Gasteiger charge is -2.06. The monoisotopic (exact) mass is 188 g/mol. The maximum absolute atomic E-state index is 11.1. The fraction of sp³-hybridized carbons (Fsp3) is 0.889. The summed E-state index contributed by atoms with van der Waals surface area (Å²) < 4.78 is 5.07.